The van der Waals surface area contributed by atoms with E-state index in [4.69, 9.17) is 5.73 Å². The Morgan fingerprint density at radius 3 is 2.81 bits per heavy atom. The third kappa shape index (κ3) is 1.96. The summed E-state index contributed by atoms with van der Waals surface area (Å²) in [4.78, 5) is 0. The minimum absolute atomic E-state index is 0.227. The normalized spacial score (nSPS) is 27.4. The Labute approximate surface area is 124 Å². The van der Waals surface area contributed by atoms with Crippen molar-refractivity contribution in [3.05, 3.63) is 35.8 Å². The summed E-state index contributed by atoms with van der Waals surface area (Å²) < 4.78 is 15.3. The quantitative estimate of drug-likeness (QED) is 0.914. The van der Waals surface area contributed by atoms with Crippen molar-refractivity contribution in [1.82, 2.24) is 9.78 Å². The van der Waals surface area contributed by atoms with Crippen LogP contribution in [0.25, 0.3) is 11.1 Å². The van der Waals surface area contributed by atoms with Gasteiger partial charge < -0.3 is 5.73 Å². The van der Waals surface area contributed by atoms with Crippen LogP contribution >= 0.6 is 0 Å². The summed E-state index contributed by atoms with van der Waals surface area (Å²) in [5.74, 6) is 2.48. The second-order valence-corrected chi connectivity index (χ2v) is 6.56. The molecule has 0 spiro atoms. The number of fused-ring (bicyclic) bond motifs is 2. The maximum atomic E-state index is 13.6. The molecule has 3 nitrogen and oxygen atoms in total. The first-order valence-electron chi connectivity index (χ1n) is 7.71. The maximum absolute atomic E-state index is 13.6. The van der Waals surface area contributed by atoms with Crippen LogP contribution < -0.4 is 5.73 Å². The van der Waals surface area contributed by atoms with Gasteiger partial charge in [0.05, 0.1) is 5.69 Å². The fraction of sp³-hybridized carbons (Fsp3) is 0.471. The van der Waals surface area contributed by atoms with Crippen molar-refractivity contribution in [1.29, 1.82) is 0 Å². The highest BCUT2D eigenvalue weighted by Crippen LogP contribution is 2.54. The summed E-state index contributed by atoms with van der Waals surface area (Å²) in [6.07, 6.45) is 5.19. The molecule has 1 heterocycles. The first-order chi connectivity index (χ1) is 10.1. The first kappa shape index (κ1) is 12.9. The maximum Gasteiger partial charge on any atom is 0.129 e. The van der Waals surface area contributed by atoms with Crippen LogP contribution in [0.2, 0.25) is 0 Å². The highest BCUT2D eigenvalue weighted by atomic mass is 19.1. The lowest BCUT2D eigenvalue weighted by Crippen LogP contribution is -2.10. The topological polar surface area (TPSA) is 43.8 Å². The number of hydrogen-bond donors (Lipinski definition) is 1. The molecule has 2 aliphatic rings. The van der Waals surface area contributed by atoms with E-state index in [1.54, 1.807) is 16.8 Å². The molecular formula is C17H20FN3. The van der Waals surface area contributed by atoms with E-state index in [-0.39, 0.29) is 5.82 Å². The Balaban J connectivity index is 1.83. The van der Waals surface area contributed by atoms with Crippen LogP contribution in [0, 0.1) is 17.7 Å². The van der Waals surface area contributed by atoms with Gasteiger partial charge in [-0.1, -0.05) is 18.6 Å². The summed E-state index contributed by atoms with van der Waals surface area (Å²) in [6, 6.07) is 6.69. The number of rotatable bonds is 2. The van der Waals surface area contributed by atoms with Gasteiger partial charge in [0, 0.05) is 18.5 Å². The van der Waals surface area contributed by atoms with E-state index in [9.17, 15) is 4.39 Å². The molecule has 21 heavy (non-hydrogen) atoms. The molecule has 4 heteroatoms. The number of nitrogen functional groups attached to an aromatic ring is 1. The Bertz CT molecular complexity index is 691. The molecule has 2 saturated carbocycles. The Morgan fingerprint density at radius 2 is 2.14 bits per heavy atom. The van der Waals surface area contributed by atoms with Gasteiger partial charge in [-0.25, -0.2) is 4.39 Å². The molecule has 2 fully saturated rings. The zero-order chi connectivity index (χ0) is 14.6. The third-order valence-corrected chi connectivity index (χ3v) is 5.32. The standard InChI is InChI=1S/C17H20FN3/c1-21-17(19)15(12-3-2-4-13(18)9-12)16(20-21)14-8-10-5-6-11(14)7-10/h2-4,9-11,14H,5-8,19H2,1H3. The summed E-state index contributed by atoms with van der Waals surface area (Å²) in [5, 5.41) is 4.69. The molecule has 0 saturated heterocycles. The van der Waals surface area contributed by atoms with Crippen molar-refractivity contribution in [2.45, 2.75) is 31.6 Å². The minimum atomic E-state index is -0.227. The SMILES string of the molecule is Cn1nc(C2CC3CCC2C3)c(-c2cccc(F)c2)c1N. The fourth-order valence-corrected chi connectivity index (χ4v) is 4.34. The average Bonchev–Trinajstić information content (AvgIpc) is 3.14. The Hall–Kier alpha value is -1.84. The van der Waals surface area contributed by atoms with Gasteiger partial charge in [-0.15, -0.1) is 0 Å². The van der Waals surface area contributed by atoms with E-state index in [2.05, 4.69) is 5.10 Å². The number of nitrogens with zero attached hydrogens (tertiary/aromatic N) is 2. The Morgan fingerprint density at radius 1 is 1.29 bits per heavy atom. The molecule has 2 aliphatic carbocycles. The van der Waals surface area contributed by atoms with Crippen LogP contribution in [0.4, 0.5) is 10.2 Å². The zero-order valence-corrected chi connectivity index (χ0v) is 12.2. The second-order valence-electron chi connectivity index (χ2n) is 6.56. The molecule has 0 amide bonds. The highest BCUT2D eigenvalue weighted by Gasteiger charge is 2.42. The number of hydrogen-bond acceptors (Lipinski definition) is 2. The number of anilines is 1. The monoisotopic (exact) mass is 285 g/mol. The lowest BCUT2D eigenvalue weighted by atomic mass is 9.84. The van der Waals surface area contributed by atoms with Gasteiger partial charge in [-0.2, -0.15) is 5.10 Å². The van der Waals surface area contributed by atoms with E-state index >= 15 is 0 Å². The van der Waals surface area contributed by atoms with Crippen LogP contribution in [0.1, 0.15) is 37.3 Å². The van der Waals surface area contributed by atoms with Crippen LogP contribution in [-0.2, 0) is 7.05 Å². The van der Waals surface area contributed by atoms with Crippen molar-refractivity contribution in [2.24, 2.45) is 18.9 Å². The number of aromatic nitrogens is 2. The smallest absolute Gasteiger partial charge is 0.129 e. The number of halogens is 1. The van der Waals surface area contributed by atoms with E-state index < -0.39 is 0 Å². The summed E-state index contributed by atoms with van der Waals surface area (Å²) >= 11 is 0. The first-order valence-corrected chi connectivity index (χ1v) is 7.71. The van der Waals surface area contributed by atoms with Crippen molar-refractivity contribution in [2.75, 3.05) is 5.73 Å². The summed E-state index contributed by atoms with van der Waals surface area (Å²) in [6.45, 7) is 0. The highest BCUT2D eigenvalue weighted by molar-refractivity contribution is 5.77. The number of aryl methyl sites for hydroxylation is 1. The van der Waals surface area contributed by atoms with Crippen molar-refractivity contribution in [3.63, 3.8) is 0 Å². The molecular weight excluding hydrogens is 265 g/mol. The lowest BCUT2D eigenvalue weighted by molar-refractivity contribution is 0.411. The van der Waals surface area contributed by atoms with Gasteiger partial charge in [0.2, 0.25) is 0 Å². The van der Waals surface area contributed by atoms with Gasteiger partial charge in [-0.3, -0.25) is 4.68 Å². The van der Waals surface area contributed by atoms with Gasteiger partial charge in [0.15, 0.2) is 0 Å². The molecule has 3 unspecified atom stereocenters. The molecule has 110 valence electrons. The zero-order valence-electron chi connectivity index (χ0n) is 12.2. The van der Waals surface area contributed by atoms with Gasteiger partial charge >= 0.3 is 0 Å². The van der Waals surface area contributed by atoms with Crippen molar-refractivity contribution < 1.29 is 4.39 Å². The van der Waals surface area contributed by atoms with E-state index in [1.807, 2.05) is 13.1 Å². The average molecular weight is 285 g/mol. The van der Waals surface area contributed by atoms with Crippen LogP contribution in [0.3, 0.4) is 0 Å². The van der Waals surface area contributed by atoms with Gasteiger partial charge in [-0.05, 0) is 48.8 Å². The van der Waals surface area contributed by atoms with Gasteiger partial charge in [0.1, 0.15) is 11.6 Å². The third-order valence-electron chi connectivity index (χ3n) is 5.32. The van der Waals surface area contributed by atoms with Crippen LogP contribution in [-0.4, -0.2) is 9.78 Å². The largest absolute Gasteiger partial charge is 0.383 e. The molecule has 2 aromatic rings. The van der Waals surface area contributed by atoms with Crippen LogP contribution in [0.5, 0.6) is 0 Å². The molecule has 2 N–H and O–H groups in total. The molecule has 0 aliphatic heterocycles. The van der Waals surface area contributed by atoms with Crippen LogP contribution in [0.15, 0.2) is 24.3 Å². The predicted octanol–water partition coefficient (Wildman–Crippen LogP) is 3.71. The van der Waals surface area contributed by atoms with Crippen molar-refractivity contribution >= 4 is 5.82 Å². The van der Waals surface area contributed by atoms with E-state index in [1.165, 1.54) is 31.7 Å². The fourth-order valence-electron chi connectivity index (χ4n) is 4.34. The predicted molar refractivity (Wildman–Crippen MR) is 81.2 cm³/mol. The molecule has 3 atom stereocenters. The van der Waals surface area contributed by atoms with E-state index in [0.717, 1.165) is 28.7 Å². The summed E-state index contributed by atoms with van der Waals surface area (Å²) in [7, 11) is 1.87. The molecule has 2 bridgehead atoms. The van der Waals surface area contributed by atoms with Gasteiger partial charge in [0.25, 0.3) is 0 Å². The summed E-state index contributed by atoms with van der Waals surface area (Å²) in [5.41, 5.74) is 9.09. The lowest BCUT2D eigenvalue weighted by Gasteiger charge is -2.21. The molecule has 1 aromatic carbocycles. The molecule has 4 rings (SSSR count). The number of nitrogens with two attached hydrogens (primary N) is 1. The van der Waals surface area contributed by atoms with E-state index in [0.29, 0.717) is 11.7 Å². The molecule has 0 radical (unpaired) electrons. The second kappa shape index (κ2) is 4.58. The minimum Gasteiger partial charge on any atom is -0.383 e. The number of benzene rings is 1. The molecule has 1 aromatic heterocycles. The van der Waals surface area contributed by atoms with Crippen molar-refractivity contribution in [3.8, 4) is 11.1 Å². The Kier molecular flexibility index (Phi) is 2.81.